The fourth-order valence-corrected chi connectivity index (χ4v) is 3.57. The molecule has 108 valence electrons. The summed E-state index contributed by atoms with van der Waals surface area (Å²) in [7, 11) is 0. The van der Waals surface area contributed by atoms with Crippen LogP contribution in [-0.4, -0.2) is 36.0 Å². The lowest BCUT2D eigenvalue weighted by atomic mass is 9.98. The van der Waals surface area contributed by atoms with Crippen molar-refractivity contribution in [2.24, 2.45) is 0 Å². The summed E-state index contributed by atoms with van der Waals surface area (Å²) in [6.45, 7) is 2.25. The van der Waals surface area contributed by atoms with Gasteiger partial charge in [-0.3, -0.25) is 9.69 Å². The van der Waals surface area contributed by atoms with Gasteiger partial charge in [0.1, 0.15) is 0 Å². The number of amides is 1. The van der Waals surface area contributed by atoms with E-state index in [4.69, 9.17) is 17.3 Å². The minimum Gasteiger partial charge on any atom is -0.397 e. The van der Waals surface area contributed by atoms with E-state index in [1.807, 2.05) is 0 Å². The molecule has 1 aromatic rings. The average molecular weight is 294 g/mol. The van der Waals surface area contributed by atoms with Crippen LogP contribution in [0.1, 0.15) is 36.0 Å². The Labute approximate surface area is 124 Å². The molecule has 2 unspecified atom stereocenters. The van der Waals surface area contributed by atoms with Gasteiger partial charge in [-0.15, -0.1) is 0 Å². The molecule has 2 aliphatic heterocycles. The molecule has 2 heterocycles. The largest absolute Gasteiger partial charge is 0.397 e. The van der Waals surface area contributed by atoms with Crippen LogP contribution in [0.25, 0.3) is 0 Å². The first-order valence-corrected chi connectivity index (χ1v) is 7.63. The van der Waals surface area contributed by atoms with E-state index in [9.17, 15) is 4.79 Å². The van der Waals surface area contributed by atoms with Crippen LogP contribution in [0, 0.1) is 0 Å². The number of rotatable bonds is 2. The number of hydrogen-bond donors (Lipinski definition) is 2. The number of halogens is 1. The van der Waals surface area contributed by atoms with Crippen molar-refractivity contribution in [3.63, 3.8) is 0 Å². The van der Waals surface area contributed by atoms with Crippen LogP contribution in [-0.2, 0) is 0 Å². The SMILES string of the molecule is Nc1c(Cl)cccc1C(=O)NC1CCN2CCCCC12. The smallest absolute Gasteiger partial charge is 0.253 e. The maximum atomic E-state index is 12.4. The van der Waals surface area contributed by atoms with Crippen molar-refractivity contribution in [2.45, 2.75) is 37.8 Å². The minimum absolute atomic E-state index is 0.109. The second-order valence-corrected chi connectivity index (χ2v) is 6.08. The molecule has 5 heteroatoms. The maximum absolute atomic E-state index is 12.4. The Morgan fingerprint density at radius 2 is 2.15 bits per heavy atom. The zero-order valence-corrected chi connectivity index (χ0v) is 12.2. The Hall–Kier alpha value is -1.26. The first-order chi connectivity index (χ1) is 9.66. The molecular weight excluding hydrogens is 274 g/mol. The van der Waals surface area contributed by atoms with Gasteiger partial charge in [-0.25, -0.2) is 0 Å². The third-order valence-corrected chi connectivity index (χ3v) is 4.80. The van der Waals surface area contributed by atoms with Crippen LogP contribution in [0.15, 0.2) is 18.2 Å². The first kappa shape index (κ1) is 13.7. The van der Waals surface area contributed by atoms with Crippen molar-refractivity contribution in [3.05, 3.63) is 28.8 Å². The number of fused-ring (bicyclic) bond motifs is 1. The number of benzene rings is 1. The summed E-state index contributed by atoms with van der Waals surface area (Å²) in [5, 5.41) is 3.58. The van der Waals surface area contributed by atoms with Gasteiger partial charge in [-0.05, 0) is 37.9 Å². The van der Waals surface area contributed by atoms with E-state index in [-0.39, 0.29) is 11.9 Å². The molecule has 20 heavy (non-hydrogen) atoms. The van der Waals surface area contributed by atoms with E-state index >= 15 is 0 Å². The molecule has 3 rings (SSSR count). The Morgan fingerprint density at radius 1 is 1.30 bits per heavy atom. The quantitative estimate of drug-likeness (QED) is 0.823. The topological polar surface area (TPSA) is 58.4 Å². The Balaban J connectivity index is 1.71. The summed E-state index contributed by atoms with van der Waals surface area (Å²) in [5.74, 6) is -0.109. The zero-order chi connectivity index (χ0) is 14.1. The molecule has 0 spiro atoms. The lowest BCUT2D eigenvalue weighted by molar-refractivity contribution is 0.0916. The Bertz CT molecular complexity index is 520. The Kier molecular flexibility index (Phi) is 3.85. The number of hydrogen-bond acceptors (Lipinski definition) is 3. The molecule has 0 aromatic heterocycles. The molecule has 1 amide bonds. The fourth-order valence-electron chi connectivity index (χ4n) is 3.40. The molecule has 2 fully saturated rings. The average Bonchev–Trinajstić information content (AvgIpc) is 2.85. The van der Waals surface area contributed by atoms with Crippen LogP contribution in [0.5, 0.6) is 0 Å². The molecule has 0 bridgehead atoms. The number of carbonyl (C=O) groups is 1. The summed E-state index contributed by atoms with van der Waals surface area (Å²) in [6, 6.07) is 5.92. The molecule has 4 nitrogen and oxygen atoms in total. The molecule has 1 aromatic carbocycles. The van der Waals surface area contributed by atoms with E-state index in [1.54, 1.807) is 18.2 Å². The van der Waals surface area contributed by atoms with Crippen molar-refractivity contribution in [2.75, 3.05) is 18.8 Å². The van der Waals surface area contributed by atoms with Gasteiger partial charge in [0.15, 0.2) is 0 Å². The first-order valence-electron chi connectivity index (χ1n) is 7.25. The summed E-state index contributed by atoms with van der Waals surface area (Å²) in [6.07, 6.45) is 4.73. The highest BCUT2D eigenvalue weighted by molar-refractivity contribution is 6.33. The monoisotopic (exact) mass is 293 g/mol. The zero-order valence-electron chi connectivity index (χ0n) is 11.4. The Morgan fingerprint density at radius 3 is 3.00 bits per heavy atom. The molecule has 0 radical (unpaired) electrons. The highest BCUT2D eigenvalue weighted by Gasteiger charge is 2.36. The van der Waals surface area contributed by atoms with Crippen LogP contribution < -0.4 is 11.1 Å². The van der Waals surface area contributed by atoms with Crippen LogP contribution in [0.2, 0.25) is 5.02 Å². The molecule has 0 aliphatic carbocycles. The van der Waals surface area contributed by atoms with Gasteiger partial charge >= 0.3 is 0 Å². The molecular formula is C15H20ClN3O. The molecule has 2 aliphatic rings. The summed E-state index contributed by atoms with van der Waals surface area (Å²) >= 11 is 5.97. The molecule has 2 atom stereocenters. The van der Waals surface area contributed by atoms with Crippen LogP contribution >= 0.6 is 11.6 Å². The minimum atomic E-state index is -0.109. The van der Waals surface area contributed by atoms with Gasteiger partial charge in [0.05, 0.1) is 16.3 Å². The van der Waals surface area contributed by atoms with E-state index < -0.39 is 0 Å². The maximum Gasteiger partial charge on any atom is 0.253 e. The van der Waals surface area contributed by atoms with Gasteiger partial charge < -0.3 is 11.1 Å². The predicted octanol–water partition coefficient (Wildman–Crippen LogP) is 2.28. The molecule has 0 saturated carbocycles. The number of piperidine rings is 1. The number of carbonyl (C=O) groups excluding carboxylic acids is 1. The van der Waals surface area contributed by atoms with Crippen molar-refractivity contribution in [1.82, 2.24) is 10.2 Å². The highest BCUT2D eigenvalue weighted by atomic mass is 35.5. The lowest BCUT2D eigenvalue weighted by Crippen LogP contribution is -2.46. The van der Waals surface area contributed by atoms with Crippen molar-refractivity contribution in [3.8, 4) is 0 Å². The number of para-hydroxylation sites is 1. The molecule has 3 N–H and O–H groups in total. The third-order valence-electron chi connectivity index (χ3n) is 4.47. The van der Waals surface area contributed by atoms with E-state index in [0.29, 0.717) is 22.3 Å². The normalized spacial score (nSPS) is 26.2. The lowest BCUT2D eigenvalue weighted by Gasteiger charge is -2.32. The van der Waals surface area contributed by atoms with Crippen LogP contribution in [0.4, 0.5) is 5.69 Å². The van der Waals surface area contributed by atoms with Gasteiger partial charge in [-0.1, -0.05) is 24.1 Å². The van der Waals surface area contributed by atoms with Gasteiger partial charge in [0.25, 0.3) is 5.91 Å². The second-order valence-electron chi connectivity index (χ2n) is 5.67. The molecule has 2 saturated heterocycles. The van der Waals surface area contributed by atoms with E-state index in [0.717, 1.165) is 19.5 Å². The standard InChI is InChI=1S/C15H20ClN3O/c16-11-5-3-4-10(14(11)17)15(20)18-12-7-9-19-8-2-1-6-13(12)19/h3-5,12-13H,1-2,6-9,17H2,(H,18,20). The van der Waals surface area contributed by atoms with Gasteiger partial charge in [0.2, 0.25) is 0 Å². The summed E-state index contributed by atoms with van der Waals surface area (Å²) in [4.78, 5) is 14.9. The van der Waals surface area contributed by atoms with E-state index in [1.165, 1.54) is 19.3 Å². The van der Waals surface area contributed by atoms with Crippen molar-refractivity contribution in [1.29, 1.82) is 0 Å². The van der Waals surface area contributed by atoms with E-state index in [2.05, 4.69) is 10.2 Å². The summed E-state index contributed by atoms with van der Waals surface area (Å²) < 4.78 is 0. The van der Waals surface area contributed by atoms with Crippen molar-refractivity contribution < 1.29 is 4.79 Å². The summed E-state index contributed by atoms with van der Waals surface area (Å²) in [5.41, 5.74) is 6.73. The predicted molar refractivity (Wildman–Crippen MR) is 80.9 cm³/mol. The number of nitrogen functional groups attached to an aromatic ring is 1. The second kappa shape index (κ2) is 5.62. The fraction of sp³-hybridized carbons (Fsp3) is 0.533. The van der Waals surface area contributed by atoms with Gasteiger partial charge in [0, 0.05) is 18.6 Å². The third kappa shape index (κ3) is 2.50. The van der Waals surface area contributed by atoms with Crippen LogP contribution in [0.3, 0.4) is 0 Å². The van der Waals surface area contributed by atoms with Crippen molar-refractivity contribution >= 4 is 23.2 Å². The number of nitrogens with one attached hydrogen (secondary N) is 1. The number of nitrogens with zero attached hydrogens (tertiary/aromatic N) is 1. The number of nitrogens with two attached hydrogens (primary N) is 1. The number of anilines is 1. The highest BCUT2D eigenvalue weighted by Crippen LogP contribution is 2.28. The van der Waals surface area contributed by atoms with Gasteiger partial charge in [-0.2, -0.15) is 0 Å².